The summed E-state index contributed by atoms with van der Waals surface area (Å²) in [4.78, 5) is 44.3. The molecule has 0 radical (unpaired) electrons. The first kappa shape index (κ1) is 28.5. The van der Waals surface area contributed by atoms with E-state index in [9.17, 15) is 14.4 Å². The summed E-state index contributed by atoms with van der Waals surface area (Å²) in [5.41, 5.74) is 7.66. The number of aromatic nitrogens is 6. The van der Waals surface area contributed by atoms with E-state index in [2.05, 4.69) is 25.5 Å². The number of H-pyrrole nitrogens is 1. The zero-order valence-corrected chi connectivity index (χ0v) is 24.7. The van der Waals surface area contributed by atoms with Gasteiger partial charge in [-0.25, -0.2) is 4.98 Å². The summed E-state index contributed by atoms with van der Waals surface area (Å²) in [5, 5.41) is 12.7. The van der Waals surface area contributed by atoms with Crippen LogP contribution in [0.1, 0.15) is 22.0 Å². The predicted molar refractivity (Wildman–Crippen MR) is 163 cm³/mol. The van der Waals surface area contributed by atoms with Gasteiger partial charge < -0.3 is 16.0 Å². The van der Waals surface area contributed by atoms with Crippen molar-refractivity contribution in [3.05, 3.63) is 98.3 Å². The van der Waals surface area contributed by atoms with Crippen molar-refractivity contribution in [2.24, 2.45) is 5.73 Å². The molecule has 41 heavy (non-hydrogen) atoms. The van der Waals surface area contributed by atoms with Crippen molar-refractivity contribution in [2.45, 2.75) is 23.0 Å². The van der Waals surface area contributed by atoms with E-state index in [1.165, 1.54) is 29.6 Å². The maximum absolute atomic E-state index is 13.0. The smallest absolute Gasteiger partial charge is 0.268 e. The average molecular weight is 623 g/mol. The Labute approximate surface area is 251 Å². The van der Waals surface area contributed by atoms with Gasteiger partial charge >= 0.3 is 0 Å². The van der Waals surface area contributed by atoms with Gasteiger partial charge in [0, 0.05) is 23.1 Å². The molecule has 208 valence electrons. The topological polar surface area (TPSA) is 154 Å². The third-order valence-electron chi connectivity index (χ3n) is 5.54. The van der Waals surface area contributed by atoms with Crippen LogP contribution in [0, 0.1) is 10.9 Å². The highest BCUT2D eigenvalue weighted by Crippen LogP contribution is 2.30. The molecule has 15 heteroatoms. The Balaban J connectivity index is 1.35. The maximum Gasteiger partial charge on any atom is 0.268 e. The van der Waals surface area contributed by atoms with Gasteiger partial charge in [-0.3, -0.25) is 23.5 Å². The number of thioether (sulfide) groups is 2. The molecule has 0 fully saturated rings. The van der Waals surface area contributed by atoms with E-state index in [4.69, 9.17) is 18.0 Å². The lowest BCUT2D eigenvalue weighted by Gasteiger charge is -2.10. The minimum atomic E-state index is -0.709. The Hall–Kier alpha value is -4.05. The van der Waals surface area contributed by atoms with Crippen molar-refractivity contribution in [2.75, 3.05) is 11.1 Å². The monoisotopic (exact) mass is 622 g/mol. The van der Waals surface area contributed by atoms with Crippen molar-refractivity contribution >= 4 is 63.9 Å². The van der Waals surface area contributed by atoms with Crippen LogP contribution < -0.4 is 16.6 Å². The molecule has 0 aliphatic carbocycles. The van der Waals surface area contributed by atoms with Crippen LogP contribution in [0.15, 0.2) is 81.8 Å². The molecular formula is C26H22N8O3S4. The van der Waals surface area contributed by atoms with Gasteiger partial charge in [0.1, 0.15) is 16.5 Å². The second-order valence-corrected chi connectivity index (χ2v) is 12.0. The van der Waals surface area contributed by atoms with Gasteiger partial charge in [-0.1, -0.05) is 71.3 Å². The van der Waals surface area contributed by atoms with Crippen LogP contribution in [0.2, 0.25) is 0 Å². The summed E-state index contributed by atoms with van der Waals surface area (Å²) >= 11 is 9.08. The standard InChI is InChI=1S/C26H22N8O3S4/c1-15-12-19(35)30-24(28-15)39-13-18-31-32-25(33(18)16-8-4-2-5-9-16)40-14-20(36)29-23-21(22(27)37)34(26(38)41-23)17-10-6-3-7-11-17/h2-12H,13-14H2,1H3,(H2,27,37)(H,29,36)(H,28,30,35). The highest BCUT2D eigenvalue weighted by atomic mass is 32.2. The molecule has 0 saturated carbocycles. The Morgan fingerprint density at radius 1 is 1.02 bits per heavy atom. The number of hydrogen-bond donors (Lipinski definition) is 3. The third kappa shape index (κ3) is 6.65. The van der Waals surface area contributed by atoms with Crippen LogP contribution in [-0.2, 0) is 10.5 Å². The number of rotatable bonds is 10. The fourth-order valence-corrected chi connectivity index (χ4v) is 6.83. The molecule has 0 aliphatic heterocycles. The molecular weight excluding hydrogens is 601 g/mol. The molecule has 0 saturated heterocycles. The van der Waals surface area contributed by atoms with Gasteiger partial charge in [-0.05, 0) is 43.4 Å². The normalized spacial score (nSPS) is 11.0. The van der Waals surface area contributed by atoms with E-state index in [0.717, 1.165) is 17.0 Å². The van der Waals surface area contributed by atoms with E-state index >= 15 is 0 Å². The predicted octanol–water partition coefficient (Wildman–Crippen LogP) is 4.36. The van der Waals surface area contributed by atoms with E-state index in [0.29, 0.717) is 37.2 Å². The van der Waals surface area contributed by atoms with Crippen LogP contribution in [0.25, 0.3) is 11.4 Å². The quantitative estimate of drug-likeness (QED) is 0.117. The van der Waals surface area contributed by atoms with Crippen LogP contribution in [0.3, 0.4) is 0 Å². The number of amides is 2. The summed E-state index contributed by atoms with van der Waals surface area (Å²) in [7, 11) is 0. The number of carbonyl (C=O) groups is 2. The highest BCUT2D eigenvalue weighted by Gasteiger charge is 2.22. The first-order valence-corrected chi connectivity index (χ1v) is 15.2. The van der Waals surface area contributed by atoms with Gasteiger partial charge in [-0.2, -0.15) is 0 Å². The van der Waals surface area contributed by atoms with Crippen molar-refractivity contribution in [3.8, 4) is 11.4 Å². The average Bonchev–Trinajstić information content (AvgIpc) is 3.51. The molecule has 4 N–H and O–H groups in total. The van der Waals surface area contributed by atoms with Crippen LogP contribution in [0.4, 0.5) is 5.00 Å². The zero-order chi connectivity index (χ0) is 28.9. The number of nitrogens with two attached hydrogens (primary N) is 1. The molecule has 0 spiro atoms. The molecule has 5 rings (SSSR count). The second kappa shape index (κ2) is 12.6. The lowest BCUT2D eigenvalue weighted by atomic mass is 10.3. The molecule has 2 aromatic carbocycles. The summed E-state index contributed by atoms with van der Waals surface area (Å²) in [6, 6.07) is 20.0. The minimum absolute atomic E-state index is 0.0148. The fraction of sp³-hybridized carbons (Fsp3) is 0.115. The number of nitrogens with one attached hydrogen (secondary N) is 2. The summed E-state index contributed by atoms with van der Waals surface area (Å²) in [5.74, 6) is -0.103. The summed E-state index contributed by atoms with van der Waals surface area (Å²) in [6.45, 7) is 1.75. The largest absolute Gasteiger partial charge is 0.364 e. The third-order valence-corrected chi connectivity index (χ3v) is 8.63. The van der Waals surface area contributed by atoms with Gasteiger partial charge in [0.05, 0.1) is 11.5 Å². The van der Waals surface area contributed by atoms with Crippen molar-refractivity contribution in [1.82, 2.24) is 29.3 Å². The molecule has 11 nitrogen and oxygen atoms in total. The number of primary amides is 1. The highest BCUT2D eigenvalue weighted by molar-refractivity contribution is 7.99. The number of hydrogen-bond acceptors (Lipinski definition) is 10. The van der Waals surface area contributed by atoms with Gasteiger partial charge in [0.2, 0.25) is 5.91 Å². The Morgan fingerprint density at radius 3 is 2.32 bits per heavy atom. The van der Waals surface area contributed by atoms with Gasteiger partial charge in [0.25, 0.3) is 11.5 Å². The first-order valence-electron chi connectivity index (χ1n) is 12.0. The Kier molecular flexibility index (Phi) is 8.78. The molecule has 3 aromatic heterocycles. The van der Waals surface area contributed by atoms with Crippen molar-refractivity contribution in [3.63, 3.8) is 0 Å². The number of anilines is 1. The number of para-hydroxylation sites is 2. The fourth-order valence-electron chi connectivity index (χ4n) is 3.86. The van der Waals surface area contributed by atoms with Crippen LogP contribution >= 0.6 is 47.1 Å². The number of benzene rings is 2. The number of nitrogens with zero attached hydrogens (tertiary/aromatic N) is 5. The molecule has 0 bridgehead atoms. The molecule has 3 heterocycles. The molecule has 0 aliphatic rings. The Bertz CT molecular complexity index is 1830. The lowest BCUT2D eigenvalue weighted by Crippen LogP contribution is -2.21. The van der Waals surface area contributed by atoms with E-state index < -0.39 is 5.91 Å². The van der Waals surface area contributed by atoms with Gasteiger partial charge in [-0.15, -0.1) is 10.2 Å². The van der Waals surface area contributed by atoms with Crippen LogP contribution in [0.5, 0.6) is 0 Å². The molecule has 0 unspecified atom stereocenters. The number of aryl methyl sites for hydroxylation is 1. The van der Waals surface area contributed by atoms with E-state index in [-0.39, 0.29) is 27.9 Å². The summed E-state index contributed by atoms with van der Waals surface area (Å²) in [6.07, 6.45) is 0. The SMILES string of the molecule is Cc1cc(=O)[nH]c(SCc2nnc(SCC(=O)Nc3sc(=S)n(-c4ccccc4)c3C(N)=O)n2-c2ccccc2)n1. The zero-order valence-electron chi connectivity index (χ0n) is 21.4. The number of carbonyl (C=O) groups excluding carboxylic acids is 2. The number of thiazole rings is 1. The lowest BCUT2D eigenvalue weighted by molar-refractivity contribution is -0.113. The Morgan fingerprint density at radius 2 is 1.68 bits per heavy atom. The van der Waals surface area contributed by atoms with Crippen molar-refractivity contribution < 1.29 is 9.59 Å². The first-order chi connectivity index (χ1) is 19.8. The maximum atomic E-state index is 13.0. The molecule has 2 amide bonds. The van der Waals surface area contributed by atoms with E-state index in [1.54, 1.807) is 23.6 Å². The number of aromatic amines is 1. The molecule has 0 atom stereocenters. The van der Waals surface area contributed by atoms with Crippen LogP contribution in [-0.4, -0.2) is 46.9 Å². The van der Waals surface area contributed by atoms with Gasteiger partial charge in [0.15, 0.2) is 14.3 Å². The second-order valence-electron chi connectivity index (χ2n) is 8.47. The minimum Gasteiger partial charge on any atom is -0.364 e. The van der Waals surface area contributed by atoms with Crippen molar-refractivity contribution in [1.29, 1.82) is 0 Å². The summed E-state index contributed by atoms with van der Waals surface area (Å²) < 4.78 is 3.78. The van der Waals surface area contributed by atoms with E-state index in [1.807, 2.05) is 53.1 Å². The molecule has 5 aromatic rings.